The second-order valence-electron chi connectivity index (χ2n) is 11.6. The van der Waals surface area contributed by atoms with Gasteiger partial charge in [-0.3, -0.25) is 9.69 Å². The topological polar surface area (TPSA) is 159 Å². The maximum atomic E-state index is 15.3. The predicted molar refractivity (Wildman–Crippen MR) is 191 cm³/mol. The number of nitriles is 1. The van der Waals surface area contributed by atoms with E-state index < -0.39 is 41.4 Å². The zero-order valence-corrected chi connectivity index (χ0v) is 30.5. The summed E-state index contributed by atoms with van der Waals surface area (Å²) in [4.78, 5) is 35.1. The number of aliphatic hydroxyl groups is 1. The summed E-state index contributed by atoms with van der Waals surface area (Å²) in [6.45, 7) is 2.85. The predicted octanol–water partition coefficient (Wildman–Crippen LogP) is 4.70. The van der Waals surface area contributed by atoms with Gasteiger partial charge in [-0.1, -0.05) is 25.1 Å². The number of nitrogens with one attached hydrogen (secondary N) is 1. The molecule has 0 aliphatic heterocycles. The van der Waals surface area contributed by atoms with Crippen LogP contribution in [0.1, 0.15) is 47.7 Å². The fourth-order valence-corrected chi connectivity index (χ4v) is 6.22. The molecule has 0 radical (unpaired) electrons. The Morgan fingerprint density at radius 1 is 1.19 bits per heavy atom. The zero-order chi connectivity index (χ0) is 36.7. The van der Waals surface area contributed by atoms with Crippen molar-refractivity contribution in [3.63, 3.8) is 0 Å². The van der Waals surface area contributed by atoms with Crippen molar-refractivity contribution in [3.8, 4) is 17.3 Å². The van der Waals surface area contributed by atoms with E-state index in [1.54, 1.807) is 62.7 Å². The Kier molecular flexibility index (Phi) is 13.1. The number of benzene rings is 2. The maximum Gasteiger partial charge on any atom is 0.418 e. The van der Waals surface area contributed by atoms with Gasteiger partial charge >= 0.3 is 12.1 Å². The van der Waals surface area contributed by atoms with Gasteiger partial charge in [0.25, 0.3) is 6.33 Å². The second-order valence-corrected chi connectivity index (χ2v) is 12.5. The van der Waals surface area contributed by atoms with E-state index in [-0.39, 0.29) is 44.6 Å². The molecule has 0 fully saturated rings. The lowest BCUT2D eigenvalue weighted by Crippen LogP contribution is -2.42. The van der Waals surface area contributed by atoms with Gasteiger partial charge in [-0.2, -0.15) is 23.3 Å². The highest BCUT2D eigenvalue weighted by Gasteiger charge is 2.43. The first-order valence-electron chi connectivity index (χ1n) is 15.7. The first-order chi connectivity index (χ1) is 24.4. The molecule has 0 spiro atoms. The van der Waals surface area contributed by atoms with Crippen molar-refractivity contribution in [2.75, 3.05) is 25.5 Å². The number of carbonyl (C=O) groups excluding carboxylic acids is 2. The molecule has 0 aliphatic rings. The molecule has 272 valence electrons. The zero-order valence-electron chi connectivity index (χ0n) is 28.7. The third-order valence-corrected chi connectivity index (χ3v) is 9.20. The number of pyridine rings is 1. The molecule has 52 heavy (non-hydrogen) atoms. The van der Waals surface area contributed by atoms with Gasteiger partial charge in [0, 0.05) is 53.3 Å². The van der Waals surface area contributed by atoms with Crippen molar-refractivity contribution in [2.45, 2.75) is 44.7 Å². The largest absolute Gasteiger partial charge is 0.460 e. The van der Waals surface area contributed by atoms with Crippen molar-refractivity contribution in [1.82, 2.24) is 25.1 Å². The first kappa shape index (κ1) is 39.5. The lowest BCUT2D eigenvalue weighted by molar-refractivity contribution is -0.753. The van der Waals surface area contributed by atoms with Crippen LogP contribution in [0.2, 0.25) is 0 Å². The maximum absolute atomic E-state index is 15.3. The molecule has 0 bridgehead atoms. The van der Waals surface area contributed by atoms with Gasteiger partial charge in [0.05, 0.1) is 28.9 Å². The molecule has 5 aromatic rings. The van der Waals surface area contributed by atoms with Crippen LogP contribution in [0.4, 0.5) is 19.4 Å². The van der Waals surface area contributed by atoms with Crippen molar-refractivity contribution < 1.29 is 37.5 Å². The molecule has 3 heterocycles. The number of amides is 1. The number of likely N-dealkylation sites (N-methyl/N-ethyl adjacent to an activating group) is 1. The van der Waals surface area contributed by atoms with Crippen molar-refractivity contribution in [3.05, 3.63) is 112 Å². The Morgan fingerprint density at radius 3 is 2.65 bits per heavy atom. The van der Waals surface area contributed by atoms with Gasteiger partial charge in [0.2, 0.25) is 12.6 Å². The van der Waals surface area contributed by atoms with Crippen molar-refractivity contribution >= 4 is 42.7 Å². The van der Waals surface area contributed by atoms with Crippen LogP contribution in [0.5, 0.6) is 0 Å². The molecule has 0 aliphatic carbocycles. The summed E-state index contributed by atoms with van der Waals surface area (Å²) < 4.78 is 43.5. The van der Waals surface area contributed by atoms with Gasteiger partial charge in [-0.15, -0.1) is 16.0 Å². The van der Waals surface area contributed by atoms with E-state index in [4.69, 9.17) is 19.7 Å². The molecule has 17 heteroatoms. The highest BCUT2D eigenvalue weighted by molar-refractivity contribution is 7.59. The average molecular weight is 752 g/mol. The summed E-state index contributed by atoms with van der Waals surface area (Å²) in [5, 5.41) is 30.6. The van der Waals surface area contributed by atoms with Crippen molar-refractivity contribution in [2.24, 2.45) is 0 Å². The number of rotatable bonds is 13. The summed E-state index contributed by atoms with van der Waals surface area (Å²) in [6, 6.07) is 15.1. The average Bonchev–Trinajstić information content (AvgIpc) is 3.82. The standard InChI is InChI=1S/C35H35F2N8O5S.H2S/c1-22(33-42-30(18-51-33)25-9-7-24(15-38)8-10-25)35(48,28-14-27(36)11-12-29(28)37)19-45-21-44(20-41-45)23(2)50-34(47)43(4)32-26(6-5-13-40-32)17-49-31(46)16-39-3;/h5-14,18,20-23,39,48H,16-17,19H2,1-4H3;1H2/q+1;/t22-,23?,35+;/m0./s1. The van der Waals surface area contributed by atoms with Crippen molar-refractivity contribution in [1.29, 1.82) is 5.26 Å². The van der Waals surface area contributed by atoms with E-state index in [1.807, 2.05) is 0 Å². The summed E-state index contributed by atoms with van der Waals surface area (Å²) in [5.74, 6) is -2.64. The molecule has 0 saturated heterocycles. The number of esters is 1. The molecule has 5 rings (SSSR count). The third-order valence-electron chi connectivity index (χ3n) is 8.18. The Bertz CT molecular complexity index is 2060. The molecule has 0 saturated carbocycles. The van der Waals surface area contributed by atoms with Crippen LogP contribution in [-0.2, 0) is 33.0 Å². The van der Waals surface area contributed by atoms with E-state index in [2.05, 4.69) is 21.5 Å². The Balaban J connectivity index is 0.00000605. The fraction of sp³-hybridized carbons (Fsp3) is 0.286. The van der Waals surface area contributed by atoms with Crippen LogP contribution in [0, 0.1) is 23.0 Å². The lowest BCUT2D eigenvalue weighted by Gasteiger charge is -2.32. The quantitative estimate of drug-likeness (QED) is 0.128. The van der Waals surface area contributed by atoms with E-state index in [0.717, 1.165) is 23.8 Å². The minimum atomic E-state index is -2.04. The first-order valence-corrected chi connectivity index (χ1v) is 16.6. The number of nitrogens with zero attached hydrogens (tertiary/aromatic N) is 7. The number of halogens is 2. The summed E-state index contributed by atoms with van der Waals surface area (Å²) >= 11 is 1.25. The van der Waals surface area contributed by atoms with Gasteiger partial charge in [-0.05, 0) is 43.4 Å². The van der Waals surface area contributed by atoms with Crippen LogP contribution < -0.4 is 14.8 Å². The Morgan fingerprint density at radius 2 is 1.94 bits per heavy atom. The molecule has 2 aromatic carbocycles. The molecule has 3 atom stereocenters. The summed E-state index contributed by atoms with van der Waals surface area (Å²) in [6.07, 6.45) is 2.65. The molecular weight excluding hydrogens is 715 g/mol. The summed E-state index contributed by atoms with van der Waals surface area (Å²) in [5.41, 5.74) is 0.000750. The molecule has 1 unspecified atom stereocenters. The molecule has 13 nitrogen and oxygen atoms in total. The van der Waals surface area contributed by atoms with Crippen LogP contribution in [0.3, 0.4) is 0 Å². The third kappa shape index (κ3) is 8.95. The normalized spacial score (nSPS) is 13.2. The monoisotopic (exact) mass is 751 g/mol. The number of hydrogen-bond acceptors (Lipinski definition) is 11. The molecule has 3 aromatic heterocycles. The van der Waals surface area contributed by atoms with E-state index in [9.17, 15) is 19.1 Å². The fourth-order valence-electron chi connectivity index (χ4n) is 5.25. The number of anilines is 1. The highest BCUT2D eigenvalue weighted by Crippen LogP contribution is 2.41. The van der Waals surface area contributed by atoms with Gasteiger partial charge in [-0.25, -0.2) is 23.5 Å². The van der Waals surface area contributed by atoms with Gasteiger partial charge in [0.15, 0.2) is 0 Å². The highest BCUT2D eigenvalue weighted by atomic mass is 32.1. The van der Waals surface area contributed by atoms with Crippen LogP contribution in [-0.4, -0.2) is 57.6 Å². The SMILES string of the molecule is CNCC(=O)OCc1cccnc1N(C)C(=O)OC(C)[n+]1cnn(C[C@](O)(c2cc(F)ccc2F)[C@@H](C)c2nc(-c3ccc(C#N)cc3)cs2)c1.S. The van der Waals surface area contributed by atoms with Crippen LogP contribution >= 0.6 is 24.8 Å². The minimum absolute atomic E-state index is 0. The molecular formula is C35H37F2N8O5S2+. The number of ether oxygens (including phenoxy) is 2. The molecule has 1 amide bonds. The second kappa shape index (κ2) is 17.3. The Labute approximate surface area is 309 Å². The van der Waals surface area contributed by atoms with Gasteiger partial charge < -0.3 is 19.9 Å². The van der Waals surface area contributed by atoms with Crippen LogP contribution in [0.15, 0.2) is 78.8 Å². The Hall–Kier alpha value is -5.28. The van der Waals surface area contributed by atoms with E-state index >= 15 is 4.39 Å². The summed E-state index contributed by atoms with van der Waals surface area (Å²) in [7, 11) is 3.08. The number of thiazole rings is 1. The number of aromatic nitrogens is 5. The number of carbonyl (C=O) groups is 2. The smallest absolute Gasteiger partial charge is 0.418 e. The minimum Gasteiger partial charge on any atom is -0.460 e. The van der Waals surface area contributed by atoms with Crippen LogP contribution in [0.25, 0.3) is 11.3 Å². The van der Waals surface area contributed by atoms with Gasteiger partial charge in [0.1, 0.15) is 36.2 Å². The lowest BCUT2D eigenvalue weighted by atomic mass is 9.82. The van der Waals surface area contributed by atoms with E-state index in [1.165, 1.54) is 51.4 Å². The number of hydrogen-bond donors (Lipinski definition) is 2. The molecule has 2 N–H and O–H groups in total. The van der Waals surface area contributed by atoms with E-state index in [0.29, 0.717) is 21.8 Å².